The van der Waals surface area contributed by atoms with Crippen molar-refractivity contribution in [3.05, 3.63) is 0 Å². The number of hydrogen-bond acceptors (Lipinski definition) is 4. The molecule has 1 aliphatic rings. The molecule has 4 nitrogen and oxygen atoms in total. The molecule has 1 aliphatic carbocycles. The van der Waals surface area contributed by atoms with E-state index in [0.29, 0.717) is 18.4 Å². The molecular formula is C12H25NO3S. The fourth-order valence-electron chi connectivity index (χ4n) is 2.32. The summed E-state index contributed by atoms with van der Waals surface area (Å²) in [6.07, 6.45) is 5.61. The minimum Gasteiger partial charge on any atom is -0.380 e. The van der Waals surface area contributed by atoms with E-state index in [-0.39, 0.29) is 11.9 Å². The summed E-state index contributed by atoms with van der Waals surface area (Å²) in [5, 5.41) is 3.42. The Morgan fingerprint density at radius 2 is 2.06 bits per heavy atom. The van der Waals surface area contributed by atoms with Gasteiger partial charge in [-0.05, 0) is 38.1 Å². The van der Waals surface area contributed by atoms with Gasteiger partial charge in [-0.2, -0.15) is 0 Å². The third-order valence-electron chi connectivity index (χ3n) is 3.25. The Bertz CT molecular complexity index is 312. The van der Waals surface area contributed by atoms with Crippen LogP contribution in [0.25, 0.3) is 0 Å². The first-order valence-electron chi connectivity index (χ1n) is 6.41. The van der Waals surface area contributed by atoms with Gasteiger partial charge in [-0.3, -0.25) is 0 Å². The summed E-state index contributed by atoms with van der Waals surface area (Å²) in [5.74, 6) is 0.943. The zero-order chi connectivity index (χ0) is 12.9. The highest BCUT2D eigenvalue weighted by Crippen LogP contribution is 2.36. The molecule has 0 bridgehead atoms. The summed E-state index contributed by atoms with van der Waals surface area (Å²) in [6.45, 7) is 2.97. The topological polar surface area (TPSA) is 55.4 Å². The summed E-state index contributed by atoms with van der Waals surface area (Å²) in [4.78, 5) is 0. The minimum atomic E-state index is -2.84. The quantitative estimate of drug-likeness (QED) is 0.679. The van der Waals surface area contributed by atoms with Crippen LogP contribution in [0.4, 0.5) is 0 Å². The van der Waals surface area contributed by atoms with E-state index in [1.54, 1.807) is 7.11 Å². The van der Waals surface area contributed by atoms with Crippen LogP contribution in [-0.4, -0.2) is 46.2 Å². The van der Waals surface area contributed by atoms with E-state index in [1.807, 2.05) is 0 Å². The van der Waals surface area contributed by atoms with Gasteiger partial charge in [0.25, 0.3) is 0 Å². The number of methoxy groups -OCH3 is 1. The van der Waals surface area contributed by atoms with Gasteiger partial charge in [-0.25, -0.2) is 8.42 Å². The molecule has 1 fully saturated rings. The van der Waals surface area contributed by atoms with Gasteiger partial charge in [-0.15, -0.1) is 0 Å². The molecule has 1 saturated carbocycles. The van der Waals surface area contributed by atoms with Gasteiger partial charge >= 0.3 is 0 Å². The molecule has 0 saturated heterocycles. The summed E-state index contributed by atoms with van der Waals surface area (Å²) < 4.78 is 27.8. The van der Waals surface area contributed by atoms with Gasteiger partial charge in [0.2, 0.25) is 0 Å². The van der Waals surface area contributed by atoms with E-state index < -0.39 is 9.84 Å². The van der Waals surface area contributed by atoms with Crippen LogP contribution in [-0.2, 0) is 14.6 Å². The lowest BCUT2D eigenvalue weighted by atomic mass is 10.0. The maximum absolute atomic E-state index is 11.1. The van der Waals surface area contributed by atoms with Crippen LogP contribution in [0.1, 0.15) is 32.6 Å². The summed E-state index contributed by atoms with van der Waals surface area (Å²) >= 11 is 0. The molecule has 102 valence electrons. The van der Waals surface area contributed by atoms with Crippen LogP contribution >= 0.6 is 0 Å². The Morgan fingerprint density at radius 1 is 1.41 bits per heavy atom. The number of rotatable bonds is 9. The first kappa shape index (κ1) is 14.9. The van der Waals surface area contributed by atoms with Crippen LogP contribution in [0.3, 0.4) is 0 Å². The number of sulfone groups is 1. The first-order valence-corrected chi connectivity index (χ1v) is 8.48. The van der Waals surface area contributed by atoms with Crippen molar-refractivity contribution in [2.24, 2.45) is 5.92 Å². The molecule has 0 radical (unpaired) electrons. The van der Waals surface area contributed by atoms with Crippen molar-refractivity contribution in [1.82, 2.24) is 5.32 Å². The van der Waals surface area contributed by atoms with E-state index in [4.69, 9.17) is 4.74 Å². The molecule has 5 heteroatoms. The highest BCUT2D eigenvalue weighted by Gasteiger charge is 2.36. The average molecular weight is 263 g/mol. The highest BCUT2D eigenvalue weighted by molar-refractivity contribution is 7.90. The van der Waals surface area contributed by atoms with Gasteiger partial charge in [0.15, 0.2) is 0 Å². The second-order valence-corrected chi connectivity index (χ2v) is 7.23. The Kier molecular flexibility index (Phi) is 5.89. The van der Waals surface area contributed by atoms with Gasteiger partial charge in [0.05, 0.1) is 6.10 Å². The smallest absolute Gasteiger partial charge is 0.147 e. The van der Waals surface area contributed by atoms with E-state index in [1.165, 1.54) is 19.1 Å². The highest BCUT2D eigenvalue weighted by atomic mass is 32.2. The Hall–Kier alpha value is -0.130. The Labute approximate surface area is 105 Å². The summed E-state index contributed by atoms with van der Waals surface area (Å²) in [7, 11) is -1.09. The predicted molar refractivity (Wildman–Crippen MR) is 69.9 cm³/mol. The van der Waals surface area contributed by atoms with Crippen molar-refractivity contribution >= 4 is 9.84 Å². The molecule has 2 unspecified atom stereocenters. The maximum atomic E-state index is 11.1. The third-order valence-corrected chi connectivity index (χ3v) is 4.28. The van der Waals surface area contributed by atoms with Crippen LogP contribution in [0.5, 0.6) is 0 Å². The summed E-state index contributed by atoms with van der Waals surface area (Å²) in [6, 6.07) is 0.291. The fraction of sp³-hybridized carbons (Fsp3) is 1.00. The van der Waals surface area contributed by atoms with Gasteiger partial charge in [-0.1, -0.05) is 6.92 Å². The molecule has 0 amide bonds. The lowest BCUT2D eigenvalue weighted by molar-refractivity contribution is 0.0487. The zero-order valence-electron chi connectivity index (χ0n) is 11.1. The maximum Gasteiger partial charge on any atom is 0.147 e. The number of likely N-dealkylation sites (N-methyl/N-ethyl adjacent to an activating group) is 1. The monoisotopic (exact) mass is 263 g/mol. The standard InChI is InChI=1S/C12H25NO3S/c1-4-13-11(6-5-9-17(3,14)15)12(16-2)10-7-8-10/h10-13H,4-9H2,1-3H3. The lowest BCUT2D eigenvalue weighted by Crippen LogP contribution is -2.42. The van der Waals surface area contributed by atoms with Crippen LogP contribution in [0.15, 0.2) is 0 Å². The molecular weight excluding hydrogens is 238 g/mol. The molecule has 1 rings (SSSR count). The predicted octanol–water partition coefficient (Wildman–Crippen LogP) is 1.21. The van der Waals surface area contributed by atoms with Crippen LogP contribution in [0.2, 0.25) is 0 Å². The van der Waals surface area contributed by atoms with Crippen molar-refractivity contribution in [3.63, 3.8) is 0 Å². The Balaban J connectivity index is 2.41. The molecule has 0 spiro atoms. The van der Waals surface area contributed by atoms with E-state index in [2.05, 4.69) is 12.2 Å². The molecule has 0 aliphatic heterocycles. The van der Waals surface area contributed by atoms with Crippen LogP contribution < -0.4 is 5.32 Å². The molecule has 1 N–H and O–H groups in total. The Morgan fingerprint density at radius 3 is 2.47 bits per heavy atom. The zero-order valence-corrected chi connectivity index (χ0v) is 11.9. The molecule has 0 aromatic rings. The van der Waals surface area contributed by atoms with E-state index >= 15 is 0 Å². The largest absolute Gasteiger partial charge is 0.380 e. The van der Waals surface area contributed by atoms with Crippen molar-refractivity contribution < 1.29 is 13.2 Å². The molecule has 17 heavy (non-hydrogen) atoms. The van der Waals surface area contributed by atoms with Gasteiger partial charge in [0, 0.05) is 25.2 Å². The molecule has 2 atom stereocenters. The number of nitrogens with one attached hydrogen (secondary N) is 1. The van der Waals surface area contributed by atoms with Crippen molar-refractivity contribution in [1.29, 1.82) is 0 Å². The second kappa shape index (κ2) is 6.71. The number of hydrogen-bond donors (Lipinski definition) is 1. The van der Waals surface area contributed by atoms with Crippen molar-refractivity contribution in [2.45, 2.75) is 44.8 Å². The molecule has 0 aromatic heterocycles. The number of ether oxygens (including phenoxy) is 1. The molecule has 0 aromatic carbocycles. The van der Waals surface area contributed by atoms with E-state index in [9.17, 15) is 8.42 Å². The lowest BCUT2D eigenvalue weighted by Gasteiger charge is -2.26. The SMILES string of the molecule is CCNC(CCCS(C)(=O)=O)C(OC)C1CC1. The first-order chi connectivity index (χ1) is 7.98. The van der Waals surface area contributed by atoms with Gasteiger partial charge < -0.3 is 10.1 Å². The van der Waals surface area contributed by atoms with Crippen LogP contribution in [0, 0.1) is 5.92 Å². The summed E-state index contributed by atoms with van der Waals surface area (Å²) in [5.41, 5.74) is 0. The minimum absolute atomic E-state index is 0.245. The fourth-order valence-corrected chi connectivity index (χ4v) is 3.01. The third kappa shape index (κ3) is 5.84. The normalized spacial score (nSPS) is 20.2. The average Bonchev–Trinajstić information content (AvgIpc) is 3.01. The van der Waals surface area contributed by atoms with Gasteiger partial charge in [0.1, 0.15) is 9.84 Å². The molecule has 0 heterocycles. The van der Waals surface area contributed by atoms with Crippen molar-refractivity contribution in [3.8, 4) is 0 Å². The van der Waals surface area contributed by atoms with E-state index in [0.717, 1.165) is 13.0 Å². The van der Waals surface area contributed by atoms with Crippen molar-refractivity contribution in [2.75, 3.05) is 25.7 Å². The second-order valence-electron chi connectivity index (χ2n) is 4.97.